The fourth-order valence-electron chi connectivity index (χ4n) is 3.47. The number of guanidine groups is 1. The largest absolute Gasteiger partial charge is 0.490 e. The number of carboxylic acid groups (broad SMARTS) is 1. The lowest BCUT2D eigenvalue weighted by Gasteiger charge is -2.26. The van der Waals surface area contributed by atoms with Crippen LogP contribution in [0.1, 0.15) is 11.1 Å². The lowest BCUT2D eigenvalue weighted by molar-refractivity contribution is -0.192. The molecule has 0 saturated heterocycles. The van der Waals surface area contributed by atoms with E-state index >= 15 is 0 Å². The molecule has 0 spiro atoms. The van der Waals surface area contributed by atoms with Crippen LogP contribution in [0.25, 0.3) is 11.1 Å². The Hall–Kier alpha value is -3.85. The molecule has 3 aromatic carbocycles. The molecular formula is C24H19ClF3N3O3. The van der Waals surface area contributed by atoms with Gasteiger partial charge in [-0.05, 0) is 28.8 Å². The second-order valence-corrected chi connectivity index (χ2v) is 7.68. The SMILES string of the molecule is CN1C(=O)C(c2ccccc2)(c2cccc(-c3ccccc3Cl)c2)N=C1N.O=C(O)C(F)(F)F. The van der Waals surface area contributed by atoms with E-state index in [9.17, 15) is 18.0 Å². The Kier molecular flexibility index (Phi) is 6.97. The molecule has 1 unspecified atom stereocenters. The number of halogens is 4. The molecule has 0 fully saturated rings. The number of carbonyl (C=O) groups excluding carboxylic acids is 1. The second-order valence-electron chi connectivity index (χ2n) is 7.27. The number of rotatable bonds is 3. The summed E-state index contributed by atoms with van der Waals surface area (Å²) in [4.78, 5) is 28.2. The van der Waals surface area contributed by atoms with E-state index < -0.39 is 17.7 Å². The fourth-order valence-corrected chi connectivity index (χ4v) is 3.72. The number of carboxylic acids is 1. The van der Waals surface area contributed by atoms with Crippen molar-refractivity contribution in [1.82, 2.24) is 4.90 Å². The fraction of sp³-hybridized carbons (Fsp3) is 0.125. The number of hydrogen-bond donors (Lipinski definition) is 2. The first kappa shape index (κ1) is 24.8. The van der Waals surface area contributed by atoms with Gasteiger partial charge < -0.3 is 10.8 Å². The zero-order chi connectivity index (χ0) is 25.1. The number of likely N-dealkylation sites (N-methyl/N-ethyl adjacent to an activating group) is 1. The lowest BCUT2D eigenvalue weighted by atomic mass is 9.82. The molecular weight excluding hydrogens is 471 g/mol. The average molecular weight is 490 g/mol. The van der Waals surface area contributed by atoms with Gasteiger partial charge in [-0.15, -0.1) is 0 Å². The van der Waals surface area contributed by atoms with Crippen molar-refractivity contribution in [2.24, 2.45) is 10.7 Å². The molecule has 3 aromatic rings. The monoisotopic (exact) mass is 489 g/mol. The Balaban J connectivity index is 0.000000406. The molecule has 0 bridgehead atoms. The van der Waals surface area contributed by atoms with Gasteiger partial charge in [0.05, 0.1) is 0 Å². The van der Waals surface area contributed by atoms with E-state index in [1.54, 1.807) is 7.05 Å². The van der Waals surface area contributed by atoms with Crippen LogP contribution in [0.5, 0.6) is 0 Å². The Morgan fingerprint density at radius 2 is 1.56 bits per heavy atom. The third kappa shape index (κ3) is 4.74. The highest BCUT2D eigenvalue weighted by Crippen LogP contribution is 2.41. The van der Waals surface area contributed by atoms with E-state index in [4.69, 9.17) is 27.2 Å². The van der Waals surface area contributed by atoms with Gasteiger partial charge in [-0.25, -0.2) is 9.79 Å². The van der Waals surface area contributed by atoms with Gasteiger partial charge in [0.15, 0.2) is 11.5 Å². The second kappa shape index (κ2) is 9.56. The van der Waals surface area contributed by atoms with Crippen molar-refractivity contribution in [3.05, 3.63) is 95.0 Å². The Morgan fingerprint density at radius 3 is 2.09 bits per heavy atom. The first-order valence-corrected chi connectivity index (χ1v) is 10.2. The van der Waals surface area contributed by atoms with Gasteiger partial charge >= 0.3 is 12.1 Å². The van der Waals surface area contributed by atoms with Crippen molar-refractivity contribution in [3.63, 3.8) is 0 Å². The summed E-state index contributed by atoms with van der Waals surface area (Å²) >= 11 is 6.37. The maximum Gasteiger partial charge on any atom is 0.490 e. The lowest BCUT2D eigenvalue weighted by Crippen LogP contribution is -2.41. The van der Waals surface area contributed by atoms with Crippen molar-refractivity contribution in [3.8, 4) is 11.1 Å². The summed E-state index contributed by atoms with van der Waals surface area (Å²) in [5.74, 6) is -2.73. The predicted octanol–water partition coefficient (Wildman–Crippen LogP) is 4.67. The molecule has 0 aliphatic carbocycles. The van der Waals surface area contributed by atoms with Crippen LogP contribution in [0.3, 0.4) is 0 Å². The zero-order valence-electron chi connectivity index (χ0n) is 17.8. The number of nitrogens with zero attached hydrogens (tertiary/aromatic N) is 2. The third-order valence-electron chi connectivity index (χ3n) is 5.14. The summed E-state index contributed by atoms with van der Waals surface area (Å²) < 4.78 is 31.7. The topological polar surface area (TPSA) is 96.0 Å². The van der Waals surface area contributed by atoms with E-state index in [0.717, 1.165) is 22.3 Å². The number of benzene rings is 3. The standard InChI is InChI=1S/C22H18ClN3O.C2HF3O2/c1-26-20(27)22(25-21(26)24,16-9-3-2-4-10-16)17-11-7-8-15(14-17)18-12-5-6-13-19(18)23;3-2(4,5)1(6)7/h2-14H,1H3,(H2,24,25);(H,6,7). The number of amides is 1. The van der Waals surface area contributed by atoms with Gasteiger partial charge in [0.25, 0.3) is 5.91 Å². The van der Waals surface area contributed by atoms with Crippen LogP contribution in [0.2, 0.25) is 5.02 Å². The maximum atomic E-state index is 13.3. The van der Waals surface area contributed by atoms with Crippen molar-refractivity contribution < 1.29 is 27.9 Å². The van der Waals surface area contributed by atoms with Gasteiger partial charge in [0, 0.05) is 17.6 Å². The Bertz CT molecular complexity index is 1250. The third-order valence-corrected chi connectivity index (χ3v) is 5.47. The van der Waals surface area contributed by atoms with Crippen LogP contribution in [0, 0.1) is 0 Å². The molecule has 34 heavy (non-hydrogen) atoms. The summed E-state index contributed by atoms with van der Waals surface area (Å²) in [7, 11) is 1.64. The van der Waals surface area contributed by atoms with Crippen LogP contribution in [-0.4, -0.2) is 41.1 Å². The minimum atomic E-state index is -5.08. The summed E-state index contributed by atoms with van der Waals surface area (Å²) in [5, 5.41) is 7.78. The van der Waals surface area contributed by atoms with Crippen LogP contribution in [0.4, 0.5) is 13.2 Å². The molecule has 0 radical (unpaired) electrons. The van der Waals surface area contributed by atoms with Crippen LogP contribution < -0.4 is 5.73 Å². The summed E-state index contributed by atoms with van der Waals surface area (Å²) in [6.45, 7) is 0. The predicted molar refractivity (Wildman–Crippen MR) is 122 cm³/mol. The summed E-state index contributed by atoms with van der Waals surface area (Å²) in [6.07, 6.45) is -5.08. The highest BCUT2D eigenvalue weighted by molar-refractivity contribution is 6.33. The highest BCUT2D eigenvalue weighted by Gasteiger charge is 2.49. The molecule has 4 rings (SSSR count). The molecule has 10 heteroatoms. The summed E-state index contributed by atoms with van der Waals surface area (Å²) in [5.41, 5.74) is 8.18. The number of carbonyl (C=O) groups is 2. The number of aliphatic imine (C=N–C) groups is 1. The maximum absolute atomic E-state index is 13.3. The summed E-state index contributed by atoms with van der Waals surface area (Å²) in [6, 6.07) is 24.9. The van der Waals surface area contributed by atoms with Crippen LogP contribution >= 0.6 is 11.6 Å². The van der Waals surface area contributed by atoms with Gasteiger partial charge in [0.2, 0.25) is 0 Å². The van der Waals surface area contributed by atoms with E-state index in [1.165, 1.54) is 4.90 Å². The number of hydrogen-bond acceptors (Lipinski definition) is 4. The first-order chi connectivity index (χ1) is 16.0. The molecule has 0 saturated carbocycles. The van der Waals surface area contributed by atoms with Crippen molar-refractivity contribution in [2.45, 2.75) is 11.7 Å². The molecule has 3 N–H and O–H groups in total. The number of aliphatic carboxylic acids is 1. The van der Waals surface area contributed by atoms with E-state index in [0.29, 0.717) is 5.02 Å². The Morgan fingerprint density at radius 1 is 1.00 bits per heavy atom. The molecule has 1 heterocycles. The average Bonchev–Trinajstić information content (AvgIpc) is 3.04. The zero-order valence-corrected chi connectivity index (χ0v) is 18.5. The highest BCUT2D eigenvalue weighted by atomic mass is 35.5. The molecule has 1 atom stereocenters. The normalized spacial score (nSPS) is 17.6. The smallest absolute Gasteiger partial charge is 0.475 e. The molecule has 1 aliphatic heterocycles. The van der Waals surface area contributed by atoms with E-state index in [2.05, 4.69) is 4.99 Å². The van der Waals surface area contributed by atoms with Gasteiger partial charge in [-0.1, -0.05) is 78.3 Å². The van der Waals surface area contributed by atoms with Crippen molar-refractivity contribution in [1.29, 1.82) is 0 Å². The minimum absolute atomic E-state index is 0.178. The van der Waals surface area contributed by atoms with Gasteiger partial charge in [-0.3, -0.25) is 9.69 Å². The molecule has 1 amide bonds. The first-order valence-electron chi connectivity index (χ1n) is 9.83. The molecule has 0 aromatic heterocycles. The quantitative estimate of drug-likeness (QED) is 0.559. The van der Waals surface area contributed by atoms with Crippen LogP contribution in [0.15, 0.2) is 83.9 Å². The molecule has 6 nitrogen and oxygen atoms in total. The van der Waals surface area contributed by atoms with Crippen LogP contribution in [-0.2, 0) is 15.1 Å². The van der Waals surface area contributed by atoms with Gasteiger partial charge in [0.1, 0.15) is 0 Å². The van der Waals surface area contributed by atoms with E-state index in [-0.39, 0.29) is 11.9 Å². The molecule has 176 valence electrons. The molecule has 1 aliphatic rings. The Labute approximate surface area is 198 Å². The van der Waals surface area contributed by atoms with E-state index in [1.807, 2.05) is 78.9 Å². The van der Waals surface area contributed by atoms with Crippen molar-refractivity contribution >= 4 is 29.4 Å². The van der Waals surface area contributed by atoms with Crippen molar-refractivity contribution in [2.75, 3.05) is 7.05 Å². The van der Waals surface area contributed by atoms with Gasteiger partial charge in [-0.2, -0.15) is 13.2 Å². The minimum Gasteiger partial charge on any atom is -0.475 e. The number of alkyl halides is 3. The number of nitrogens with two attached hydrogens (primary N) is 1.